The molecule has 3 rings (SSSR count). The summed E-state index contributed by atoms with van der Waals surface area (Å²) in [7, 11) is 1.29. The van der Waals surface area contributed by atoms with Crippen LogP contribution in [0.2, 0.25) is 0 Å². The molecule has 0 fully saturated rings. The van der Waals surface area contributed by atoms with Crippen molar-refractivity contribution in [3.63, 3.8) is 0 Å². The molecular weight excluding hydrogens is 560 g/mol. The van der Waals surface area contributed by atoms with Gasteiger partial charge in [0.2, 0.25) is 0 Å². The van der Waals surface area contributed by atoms with Crippen molar-refractivity contribution in [3.8, 4) is 11.5 Å². The van der Waals surface area contributed by atoms with E-state index >= 15 is 0 Å². The largest absolute Gasteiger partial charge is 0.489 e. The molecule has 0 bridgehead atoms. The Hall–Kier alpha value is -3.01. The number of rotatable bonds is 8. The number of benzene rings is 3. The van der Waals surface area contributed by atoms with Crippen LogP contribution in [0.1, 0.15) is 22.3 Å². The standard InChI is InChI=1S/C26H22F3IO4/c1-17-15-22(11-12-24(17)34-16-25(31)32-2)33-14-13-23(19-5-9-21(30)10-6-19)18-3-7-20(8-4-18)26(27,28)29/h3-13,15H,14,16H2,1-2H3. The molecule has 0 aliphatic carbocycles. The van der Waals surface area contributed by atoms with Crippen LogP contribution in [0.25, 0.3) is 5.57 Å². The molecule has 0 aromatic heterocycles. The third kappa shape index (κ3) is 6.99. The van der Waals surface area contributed by atoms with Crippen LogP contribution < -0.4 is 9.47 Å². The zero-order valence-electron chi connectivity index (χ0n) is 18.5. The van der Waals surface area contributed by atoms with Crippen molar-refractivity contribution in [1.82, 2.24) is 0 Å². The van der Waals surface area contributed by atoms with E-state index < -0.39 is 17.7 Å². The summed E-state index contributed by atoms with van der Waals surface area (Å²) in [6.45, 7) is 1.84. The van der Waals surface area contributed by atoms with Gasteiger partial charge in [0.05, 0.1) is 12.7 Å². The lowest BCUT2D eigenvalue weighted by Crippen LogP contribution is -2.13. The second-order valence-electron chi connectivity index (χ2n) is 7.30. The van der Waals surface area contributed by atoms with Crippen LogP contribution in [0.4, 0.5) is 13.2 Å². The minimum atomic E-state index is -4.39. The predicted molar refractivity (Wildman–Crippen MR) is 132 cm³/mol. The number of halogens is 4. The minimum Gasteiger partial charge on any atom is -0.489 e. The Bertz CT molecular complexity index is 1150. The molecule has 0 aliphatic heterocycles. The van der Waals surface area contributed by atoms with E-state index in [1.807, 2.05) is 37.3 Å². The average molecular weight is 582 g/mol. The predicted octanol–water partition coefficient (Wildman–Crippen LogP) is 6.68. The van der Waals surface area contributed by atoms with Gasteiger partial charge in [-0.05, 0) is 100 Å². The van der Waals surface area contributed by atoms with Gasteiger partial charge in [0.15, 0.2) is 6.61 Å². The average Bonchev–Trinajstić information content (AvgIpc) is 2.81. The molecule has 0 aliphatic rings. The Morgan fingerprint density at radius 1 is 0.941 bits per heavy atom. The lowest BCUT2D eigenvalue weighted by Gasteiger charge is -2.13. The number of carbonyl (C=O) groups excluding carboxylic acids is 1. The van der Waals surface area contributed by atoms with Crippen LogP contribution in [0.15, 0.2) is 72.8 Å². The molecule has 4 nitrogen and oxygen atoms in total. The number of alkyl halides is 3. The van der Waals surface area contributed by atoms with Crippen molar-refractivity contribution >= 4 is 34.1 Å². The van der Waals surface area contributed by atoms with Crippen molar-refractivity contribution in [1.29, 1.82) is 0 Å². The van der Waals surface area contributed by atoms with Gasteiger partial charge in [0.1, 0.15) is 18.1 Å². The molecule has 3 aromatic rings. The highest BCUT2D eigenvalue weighted by Gasteiger charge is 2.30. The van der Waals surface area contributed by atoms with Crippen LogP contribution in [0, 0.1) is 10.5 Å². The van der Waals surface area contributed by atoms with Crippen LogP contribution in [-0.2, 0) is 15.7 Å². The first-order valence-corrected chi connectivity index (χ1v) is 11.3. The van der Waals surface area contributed by atoms with E-state index in [4.69, 9.17) is 9.47 Å². The fraction of sp³-hybridized carbons (Fsp3) is 0.192. The molecule has 178 valence electrons. The maximum atomic E-state index is 13.0. The highest BCUT2D eigenvalue weighted by molar-refractivity contribution is 14.1. The molecule has 8 heteroatoms. The van der Waals surface area contributed by atoms with E-state index in [9.17, 15) is 18.0 Å². The molecule has 0 atom stereocenters. The highest BCUT2D eigenvalue weighted by atomic mass is 127. The summed E-state index contributed by atoms with van der Waals surface area (Å²) in [6, 6.07) is 18.0. The number of esters is 1. The normalized spacial score (nSPS) is 11.8. The van der Waals surface area contributed by atoms with Crippen LogP contribution >= 0.6 is 22.6 Å². The quantitative estimate of drug-likeness (QED) is 0.220. The lowest BCUT2D eigenvalue weighted by molar-refractivity contribution is -0.143. The molecule has 34 heavy (non-hydrogen) atoms. The van der Waals surface area contributed by atoms with Gasteiger partial charge in [-0.2, -0.15) is 13.2 Å². The summed E-state index contributed by atoms with van der Waals surface area (Å²) >= 11 is 2.20. The summed E-state index contributed by atoms with van der Waals surface area (Å²) in [5.74, 6) is 0.655. The van der Waals surface area contributed by atoms with E-state index in [1.165, 1.54) is 19.2 Å². The molecule has 0 saturated heterocycles. The van der Waals surface area contributed by atoms with Gasteiger partial charge in [-0.25, -0.2) is 4.79 Å². The number of hydrogen-bond acceptors (Lipinski definition) is 4. The van der Waals surface area contributed by atoms with Gasteiger partial charge in [-0.15, -0.1) is 0 Å². The highest BCUT2D eigenvalue weighted by Crippen LogP contribution is 2.32. The number of methoxy groups -OCH3 is 1. The third-order valence-electron chi connectivity index (χ3n) is 4.94. The van der Waals surface area contributed by atoms with Crippen LogP contribution in [0.5, 0.6) is 11.5 Å². The Balaban J connectivity index is 1.79. The Morgan fingerprint density at radius 2 is 1.56 bits per heavy atom. The van der Waals surface area contributed by atoms with Crippen molar-refractivity contribution in [2.24, 2.45) is 0 Å². The SMILES string of the molecule is COC(=O)COc1ccc(OCC=C(c2ccc(I)cc2)c2ccc(C(F)(F)F)cc2)cc1C. The summed E-state index contributed by atoms with van der Waals surface area (Å²) in [4.78, 5) is 11.3. The molecule has 3 aromatic carbocycles. The van der Waals surface area contributed by atoms with Gasteiger partial charge < -0.3 is 14.2 Å². The van der Waals surface area contributed by atoms with Crippen molar-refractivity contribution in [3.05, 3.63) is 98.6 Å². The molecule has 0 amide bonds. The second-order valence-corrected chi connectivity index (χ2v) is 8.55. The van der Waals surface area contributed by atoms with Crippen LogP contribution in [0.3, 0.4) is 0 Å². The van der Waals surface area contributed by atoms with Crippen molar-refractivity contribution < 1.29 is 32.2 Å². The Morgan fingerprint density at radius 3 is 2.12 bits per heavy atom. The smallest absolute Gasteiger partial charge is 0.416 e. The Labute approximate surface area is 209 Å². The molecule has 0 radical (unpaired) electrons. The Kier molecular flexibility index (Phi) is 8.60. The van der Waals surface area contributed by atoms with Gasteiger partial charge >= 0.3 is 12.1 Å². The number of aryl methyl sites for hydroxylation is 1. The molecule has 0 heterocycles. The summed E-state index contributed by atoms with van der Waals surface area (Å²) in [5, 5.41) is 0. The van der Waals surface area contributed by atoms with Crippen molar-refractivity contribution in [2.75, 3.05) is 20.3 Å². The van der Waals surface area contributed by atoms with Gasteiger partial charge in [0, 0.05) is 3.57 Å². The first-order valence-electron chi connectivity index (χ1n) is 10.2. The van der Waals surface area contributed by atoms with Gasteiger partial charge in [-0.1, -0.05) is 24.3 Å². The zero-order chi connectivity index (χ0) is 24.7. The molecule has 0 saturated carbocycles. The van der Waals surface area contributed by atoms with Gasteiger partial charge in [-0.3, -0.25) is 0 Å². The molecule has 0 unspecified atom stereocenters. The second kappa shape index (κ2) is 11.4. The van der Waals surface area contributed by atoms with E-state index in [2.05, 4.69) is 27.3 Å². The fourth-order valence-corrected chi connectivity index (χ4v) is 3.52. The van der Waals surface area contributed by atoms with E-state index in [0.29, 0.717) is 17.1 Å². The molecular formula is C26H22F3IO4. The first-order chi connectivity index (χ1) is 16.2. The summed E-state index contributed by atoms with van der Waals surface area (Å²) in [6.07, 6.45) is -2.55. The summed E-state index contributed by atoms with van der Waals surface area (Å²) < 4.78 is 55.8. The number of hydrogen-bond donors (Lipinski definition) is 0. The lowest BCUT2D eigenvalue weighted by atomic mass is 9.96. The van der Waals surface area contributed by atoms with Gasteiger partial charge in [0.25, 0.3) is 0 Å². The minimum absolute atomic E-state index is 0.188. The topological polar surface area (TPSA) is 44.8 Å². The maximum absolute atomic E-state index is 13.0. The van der Waals surface area contributed by atoms with Crippen LogP contribution in [-0.4, -0.2) is 26.3 Å². The number of ether oxygens (including phenoxy) is 3. The maximum Gasteiger partial charge on any atom is 0.416 e. The van der Waals surface area contributed by atoms with E-state index in [1.54, 1.807) is 18.2 Å². The van der Waals surface area contributed by atoms with Crippen molar-refractivity contribution in [2.45, 2.75) is 13.1 Å². The zero-order valence-corrected chi connectivity index (χ0v) is 20.6. The van der Waals surface area contributed by atoms with E-state index in [0.717, 1.165) is 32.4 Å². The summed E-state index contributed by atoms with van der Waals surface area (Å²) in [5.41, 5.74) is 2.37. The van der Waals surface area contributed by atoms with E-state index in [-0.39, 0.29) is 13.2 Å². The monoisotopic (exact) mass is 582 g/mol. The fourth-order valence-electron chi connectivity index (χ4n) is 3.16. The third-order valence-corrected chi connectivity index (χ3v) is 5.65. The first kappa shape index (κ1) is 25.6. The molecule has 0 N–H and O–H groups in total. The number of carbonyl (C=O) groups is 1. The molecule has 0 spiro atoms.